The normalized spacial score (nSPS) is 14.1. The van der Waals surface area contributed by atoms with E-state index in [4.69, 9.17) is 27.9 Å². The van der Waals surface area contributed by atoms with Crippen LogP contribution in [0.3, 0.4) is 0 Å². The summed E-state index contributed by atoms with van der Waals surface area (Å²) in [5.41, 5.74) is 4.22. The predicted molar refractivity (Wildman–Crippen MR) is 175 cm³/mol. The van der Waals surface area contributed by atoms with Crippen molar-refractivity contribution in [2.75, 3.05) is 37.3 Å². The number of aromatic nitrogens is 4. The van der Waals surface area contributed by atoms with Crippen LogP contribution >= 0.6 is 35.0 Å². The number of halogens is 2. The molecule has 1 aromatic heterocycles. The van der Waals surface area contributed by atoms with Crippen molar-refractivity contribution in [3.63, 3.8) is 0 Å². The monoisotopic (exact) mass is 638 g/mol. The first kappa shape index (κ1) is 31.3. The van der Waals surface area contributed by atoms with Crippen LogP contribution in [0.4, 0.5) is 5.69 Å². The standard InChI is InChI=1S/C32H36Cl2N6O2S/c1-32(2,3)24-10-14-29(27(34)20-24)40-31(36-37-38-40)43-21-30(41)35-28-13-9-23(19-26(28)33)22-7-11-25(12-8-22)42-18-17-39-15-5-4-6-16-39/h7-14,19-20H,4-6,15-18,21H2,1-3H3,(H,35,41). The molecule has 1 saturated heterocycles. The fourth-order valence-electron chi connectivity index (χ4n) is 4.90. The molecule has 4 aromatic rings. The zero-order chi connectivity index (χ0) is 30.4. The number of hydrogen-bond acceptors (Lipinski definition) is 7. The fourth-order valence-corrected chi connectivity index (χ4v) is 6.07. The Morgan fingerprint density at radius 1 is 0.953 bits per heavy atom. The molecule has 0 bridgehead atoms. The highest BCUT2D eigenvalue weighted by Gasteiger charge is 2.19. The summed E-state index contributed by atoms with van der Waals surface area (Å²) in [5, 5.41) is 16.3. The number of carbonyl (C=O) groups is 1. The number of nitrogens with one attached hydrogen (secondary N) is 1. The molecule has 1 N–H and O–H groups in total. The lowest BCUT2D eigenvalue weighted by Crippen LogP contribution is -2.33. The number of tetrazole rings is 1. The molecular formula is C32H36Cl2N6O2S. The van der Waals surface area contributed by atoms with Gasteiger partial charge >= 0.3 is 0 Å². The van der Waals surface area contributed by atoms with Crippen LogP contribution in [0, 0.1) is 0 Å². The maximum absolute atomic E-state index is 12.8. The first-order valence-electron chi connectivity index (χ1n) is 14.4. The van der Waals surface area contributed by atoms with Crippen molar-refractivity contribution in [1.29, 1.82) is 0 Å². The molecule has 3 aromatic carbocycles. The van der Waals surface area contributed by atoms with Gasteiger partial charge in [-0.05, 0) is 94.9 Å². The molecular weight excluding hydrogens is 603 g/mol. The van der Waals surface area contributed by atoms with Gasteiger partial charge < -0.3 is 10.1 Å². The number of thioether (sulfide) groups is 1. The second-order valence-corrected chi connectivity index (χ2v) is 13.4. The van der Waals surface area contributed by atoms with Gasteiger partial charge in [-0.15, -0.1) is 5.10 Å². The molecule has 8 nitrogen and oxygen atoms in total. The minimum atomic E-state index is -0.227. The van der Waals surface area contributed by atoms with Gasteiger partial charge in [0, 0.05) is 6.54 Å². The molecule has 1 amide bonds. The van der Waals surface area contributed by atoms with Crippen molar-refractivity contribution in [1.82, 2.24) is 25.1 Å². The van der Waals surface area contributed by atoms with Crippen molar-refractivity contribution >= 4 is 46.6 Å². The lowest BCUT2D eigenvalue weighted by Gasteiger charge is -2.26. The van der Waals surface area contributed by atoms with Crippen molar-refractivity contribution in [3.8, 4) is 22.6 Å². The predicted octanol–water partition coefficient (Wildman–Crippen LogP) is 7.53. The van der Waals surface area contributed by atoms with Gasteiger partial charge in [-0.2, -0.15) is 4.68 Å². The van der Waals surface area contributed by atoms with E-state index in [-0.39, 0.29) is 17.1 Å². The van der Waals surface area contributed by atoms with E-state index in [1.807, 2.05) is 60.7 Å². The van der Waals surface area contributed by atoms with Gasteiger partial charge in [-0.1, -0.05) is 86.4 Å². The topological polar surface area (TPSA) is 85.2 Å². The van der Waals surface area contributed by atoms with Crippen LogP contribution < -0.4 is 10.1 Å². The molecule has 0 spiro atoms. The quantitative estimate of drug-likeness (QED) is 0.180. The van der Waals surface area contributed by atoms with E-state index in [0.717, 1.165) is 29.0 Å². The van der Waals surface area contributed by atoms with Crippen molar-refractivity contribution in [3.05, 3.63) is 76.3 Å². The summed E-state index contributed by atoms with van der Waals surface area (Å²) in [7, 11) is 0. The van der Waals surface area contributed by atoms with E-state index in [9.17, 15) is 4.79 Å². The van der Waals surface area contributed by atoms with Crippen LogP contribution in [0.15, 0.2) is 65.8 Å². The van der Waals surface area contributed by atoms with Gasteiger partial charge in [0.15, 0.2) is 0 Å². The number of piperidine rings is 1. The van der Waals surface area contributed by atoms with Crippen LogP contribution in [0.2, 0.25) is 10.0 Å². The Morgan fingerprint density at radius 2 is 1.70 bits per heavy atom. The highest BCUT2D eigenvalue weighted by molar-refractivity contribution is 7.99. The Labute approximate surface area is 267 Å². The second kappa shape index (κ2) is 14.1. The summed E-state index contributed by atoms with van der Waals surface area (Å²) in [6, 6.07) is 19.4. The lowest BCUT2D eigenvalue weighted by atomic mass is 9.87. The van der Waals surface area contributed by atoms with Gasteiger partial charge in [0.25, 0.3) is 0 Å². The smallest absolute Gasteiger partial charge is 0.234 e. The Hall–Kier alpha value is -3.11. The number of amides is 1. The zero-order valence-corrected chi connectivity index (χ0v) is 27.0. The zero-order valence-electron chi connectivity index (χ0n) is 24.6. The summed E-state index contributed by atoms with van der Waals surface area (Å²) in [6.45, 7) is 10.4. The lowest BCUT2D eigenvalue weighted by molar-refractivity contribution is -0.113. The Kier molecular flexibility index (Phi) is 10.3. The average Bonchev–Trinajstić information content (AvgIpc) is 3.46. The van der Waals surface area contributed by atoms with Gasteiger partial charge in [0.2, 0.25) is 11.1 Å². The van der Waals surface area contributed by atoms with Gasteiger partial charge in [0.1, 0.15) is 12.4 Å². The minimum absolute atomic E-state index is 0.0380. The first-order chi connectivity index (χ1) is 20.7. The highest BCUT2D eigenvalue weighted by Crippen LogP contribution is 2.32. The number of anilines is 1. The summed E-state index contributed by atoms with van der Waals surface area (Å²) in [6.07, 6.45) is 3.90. The summed E-state index contributed by atoms with van der Waals surface area (Å²) < 4.78 is 7.49. The Morgan fingerprint density at radius 3 is 2.40 bits per heavy atom. The molecule has 1 aliphatic heterocycles. The molecule has 2 heterocycles. The van der Waals surface area contributed by atoms with E-state index in [2.05, 4.69) is 46.5 Å². The third-order valence-corrected chi connectivity index (χ3v) is 8.91. The van der Waals surface area contributed by atoms with Crippen LogP contribution in [0.25, 0.3) is 16.8 Å². The number of likely N-dealkylation sites (tertiary alicyclic amines) is 1. The number of benzene rings is 3. The first-order valence-corrected chi connectivity index (χ1v) is 16.2. The molecule has 43 heavy (non-hydrogen) atoms. The van der Waals surface area contributed by atoms with Crippen LogP contribution in [0.5, 0.6) is 5.75 Å². The van der Waals surface area contributed by atoms with E-state index in [1.54, 1.807) is 4.68 Å². The SMILES string of the molecule is CC(C)(C)c1ccc(-n2nnnc2SCC(=O)Nc2ccc(-c3ccc(OCCN4CCCCC4)cc3)cc2Cl)c(Cl)c1. The molecule has 5 rings (SSSR count). The van der Waals surface area contributed by atoms with Crippen molar-refractivity contribution < 1.29 is 9.53 Å². The highest BCUT2D eigenvalue weighted by atomic mass is 35.5. The number of rotatable bonds is 10. The Balaban J connectivity index is 1.14. The van der Waals surface area contributed by atoms with E-state index >= 15 is 0 Å². The van der Waals surface area contributed by atoms with E-state index < -0.39 is 0 Å². The molecule has 0 atom stereocenters. The number of carbonyl (C=O) groups excluding carboxylic acids is 1. The molecule has 226 valence electrons. The number of hydrogen-bond donors (Lipinski definition) is 1. The second-order valence-electron chi connectivity index (χ2n) is 11.6. The van der Waals surface area contributed by atoms with Crippen molar-refractivity contribution in [2.45, 2.75) is 50.6 Å². The molecule has 0 saturated carbocycles. The molecule has 0 aliphatic carbocycles. The number of nitrogens with zero attached hydrogens (tertiary/aromatic N) is 5. The largest absolute Gasteiger partial charge is 0.492 e. The maximum atomic E-state index is 12.8. The van der Waals surface area contributed by atoms with Gasteiger partial charge in [0.05, 0.1) is 27.2 Å². The van der Waals surface area contributed by atoms with Crippen LogP contribution in [-0.4, -0.2) is 63.0 Å². The average molecular weight is 640 g/mol. The van der Waals surface area contributed by atoms with Crippen molar-refractivity contribution in [2.24, 2.45) is 0 Å². The van der Waals surface area contributed by atoms with E-state index in [0.29, 0.717) is 33.2 Å². The summed E-state index contributed by atoms with van der Waals surface area (Å²) in [4.78, 5) is 15.3. The molecule has 0 radical (unpaired) electrons. The van der Waals surface area contributed by atoms with Gasteiger partial charge in [-0.3, -0.25) is 9.69 Å². The molecule has 11 heteroatoms. The maximum Gasteiger partial charge on any atom is 0.234 e. The molecule has 1 aliphatic rings. The van der Waals surface area contributed by atoms with Gasteiger partial charge in [-0.25, -0.2) is 0 Å². The number of ether oxygens (including phenoxy) is 1. The third-order valence-electron chi connectivity index (χ3n) is 7.37. The Bertz CT molecular complexity index is 1550. The third kappa shape index (κ3) is 8.29. The van der Waals surface area contributed by atoms with Crippen LogP contribution in [0.1, 0.15) is 45.6 Å². The van der Waals surface area contributed by atoms with Crippen LogP contribution in [-0.2, 0) is 10.2 Å². The fraction of sp³-hybridized carbons (Fsp3) is 0.375. The summed E-state index contributed by atoms with van der Waals surface area (Å²) >= 11 is 14.3. The molecule has 0 unspecified atom stereocenters. The summed E-state index contributed by atoms with van der Waals surface area (Å²) in [5.74, 6) is 0.716. The molecule has 1 fully saturated rings. The van der Waals surface area contributed by atoms with E-state index in [1.165, 1.54) is 44.1 Å². The minimum Gasteiger partial charge on any atom is -0.492 e.